The molecule has 8 heteroatoms. The molecule has 0 spiro atoms. The van der Waals surface area contributed by atoms with Crippen LogP contribution in [0.5, 0.6) is 0 Å². The van der Waals surface area contributed by atoms with Crippen molar-refractivity contribution in [3.63, 3.8) is 0 Å². The van der Waals surface area contributed by atoms with Gasteiger partial charge in [-0.1, -0.05) is 34.8 Å². The van der Waals surface area contributed by atoms with Crippen LogP contribution in [0.1, 0.15) is 6.42 Å². The molecule has 0 aromatic heterocycles. The number of sulfonamides is 1. The number of benzene rings is 1. The smallest absolute Gasteiger partial charge is 0.246 e. The van der Waals surface area contributed by atoms with Gasteiger partial charge >= 0.3 is 0 Å². The molecule has 2 rings (SSSR count). The van der Waals surface area contributed by atoms with E-state index in [0.717, 1.165) is 0 Å². The average molecular weight is 345 g/mol. The van der Waals surface area contributed by atoms with E-state index in [1.54, 1.807) is 0 Å². The lowest BCUT2D eigenvalue weighted by atomic mass is 10.1. The lowest BCUT2D eigenvalue weighted by Crippen LogP contribution is -2.29. The van der Waals surface area contributed by atoms with Crippen molar-refractivity contribution in [2.45, 2.75) is 11.3 Å². The number of halogens is 3. The standard InChI is InChI=1S/C11H12Cl3NO3S/c12-8-3-9(13)11(10(14)4-8)19(17,18)15-2-1-7(5-15)6-16/h3-4,7,16H,1-2,5-6H2. The largest absolute Gasteiger partial charge is 0.396 e. The predicted octanol–water partition coefficient (Wildman–Crippen LogP) is 2.65. The van der Waals surface area contributed by atoms with Crippen molar-refractivity contribution in [1.29, 1.82) is 0 Å². The second-order valence-electron chi connectivity index (χ2n) is 4.40. The van der Waals surface area contributed by atoms with Crippen LogP contribution in [0.3, 0.4) is 0 Å². The zero-order valence-electron chi connectivity index (χ0n) is 9.81. The molecular formula is C11H12Cl3NO3S. The third-order valence-electron chi connectivity index (χ3n) is 3.07. The summed E-state index contributed by atoms with van der Waals surface area (Å²) in [6, 6.07) is 2.70. The van der Waals surface area contributed by atoms with Gasteiger partial charge in [0.25, 0.3) is 0 Å². The molecule has 0 bridgehead atoms. The van der Waals surface area contributed by atoms with E-state index in [4.69, 9.17) is 39.9 Å². The van der Waals surface area contributed by atoms with Crippen LogP contribution in [0.4, 0.5) is 0 Å². The molecular weight excluding hydrogens is 333 g/mol. The van der Waals surface area contributed by atoms with Crippen molar-refractivity contribution in [3.05, 3.63) is 27.2 Å². The monoisotopic (exact) mass is 343 g/mol. The van der Waals surface area contributed by atoms with Crippen molar-refractivity contribution < 1.29 is 13.5 Å². The fourth-order valence-corrected chi connectivity index (χ4v) is 5.09. The summed E-state index contributed by atoms with van der Waals surface area (Å²) in [6.45, 7) is 0.588. The van der Waals surface area contributed by atoms with Crippen LogP contribution in [0.2, 0.25) is 15.1 Å². The SMILES string of the molecule is O=S(=O)(c1c(Cl)cc(Cl)cc1Cl)N1CCC(CO)C1. The van der Waals surface area contributed by atoms with Gasteiger partial charge in [0.1, 0.15) is 4.90 Å². The highest BCUT2D eigenvalue weighted by atomic mass is 35.5. The van der Waals surface area contributed by atoms with Crippen molar-refractivity contribution in [3.8, 4) is 0 Å². The Morgan fingerprint density at radius 2 is 1.84 bits per heavy atom. The van der Waals surface area contributed by atoms with Crippen molar-refractivity contribution in [1.82, 2.24) is 4.31 Å². The van der Waals surface area contributed by atoms with Crippen LogP contribution in [0.15, 0.2) is 17.0 Å². The van der Waals surface area contributed by atoms with Gasteiger partial charge in [0, 0.05) is 24.7 Å². The van der Waals surface area contributed by atoms with Gasteiger partial charge < -0.3 is 5.11 Å². The van der Waals surface area contributed by atoms with Crippen molar-refractivity contribution in [2.24, 2.45) is 5.92 Å². The number of hydrogen-bond donors (Lipinski definition) is 1. The van der Waals surface area contributed by atoms with Crippen LogP contribution >= 0.6 is 34.8 Å². The number of rotatable bonds is 3. The highest BCUT2D eigenvalue weighted by Crippen LogP contribution is 2.36. The second kappa shape index (κ2) is 5.76. The molecule has 1 atom stereocenters. The predicted molar refractivity (Wildman–Crippen MR) is 75.4 cm³/mol. The van der Waals surface area contributed by atoms with Gasteiger partial charge in [-0.2, -0.15) is 4.31 Å². The van der Waals surface area contributed by atoms with E-state index in [2.05, 4.69) is 0 Å². The van der Waals surface area contributed by atoms with Crippen LogP contribution in [-0.4, -0.2) is 37.5 Å². The molecule has 1 aliphatic heterocycles. The minimum atomic E-state index is -3.76. The van der Waals surface area contributed by atoms with E-state index < -0.39 is 10.0 Å². The first kappa shape index (κ1) is 15.4. The van der Waals surface area contributed by atoms with Gasteiger partial charge in [-0.05, 0) is 24.5 Å². The van der Waals surface area contributed by atoms with E-state index >= 15 is 0 Å². The Kier molecular flexibility index (Phi) is 4.65. The molecule has 1 N–H and O–H groups in total. The Morgan fingerprint density at radius 3 is 2.32 bits per heavy atom. The maximum absolute atomic E-state index is 12.5. The molecule has 0 amide bonds. The van der Waals surface area contributed by atoms with Gasteiger partial charge in [0.15, 0.2) is 0 Å². The molecule has 0 aliphatic carbocycles. The van der Waals surface area contributed by atoms with Crippen LogP contribution in [-0.2, 0) is 10.0 Å². The molecule has 4 nitrogen and oxygen atoms in total. The fourth-order valence-electron chi connectivity index (χ4n) is 2.07. The summed E-state index contributed by atoms with van der Waals surface area (Å²) in [4.78, 5) is -0.126. The topological polar surface area (TPSA) is 57.6 Å². The van der Waals surface area contributed by atoms with Crippen LogP contribution < -0.4 is 0 Å². The van der Waals surface area contributed by atoms with Crippen molar-refractivity contribution in [2.75, 3.05) is 19.7 Å². The first-order chi connectivity index (χ1) is 8.86. The van der Waals surface area contributed by atoms with Gasteiger partial charge in [0.2, 0.25) is 10.0 Å². The summed E-state index contributed by atoms with van der Waals surface area (Å²) in [5.74, 6) is -0.0420. The van der Waals surface area contributed by atoms with Gasteiger partial charge in [0.05, 0.1) is 10.0 Å². The Morgan fingerprint density at radius 1 is 1.26 bits per heavy atom. The molecule has 1 fully saturated rings. The summed E-state index contributed by atoms with van der Waals surface area (Å²) in [6.07, 6.45) is 0.624. The zero-order chi connectivity index (χ0) is 14.2. The number of aliphatic hydroxyl groups excluding tert-OH is 1. The Hall–Kier alpha value is -0.0400. The molecule has 1 aromatic rings. The minimum Gasteiger partial charge on any atom is -0.396 e. The highest BCUT2D eigenvalue weighted by molar-refractivity contribution is 7.89. The zero-order valence-corrected chi connectivity index (χ0v) is 12.9. The van der Waals surface area contributed by atoms with Gasteiger partial charge in [-0.3, -0.25) is 0 Å². The quantitative estimate of drug-likeness (QED) is 0.917. The normalized spacial score (nSPS) is 20.9. The molecule has 1 saturated heterocycles. The summed E-state index contributed by atoms with van der Waals surface area (Å²) < 4.78 is 26.2. The van der Waals surface area contributed by atoms with E-state index in [9.17, 15) is 8.42 Å². The second-order valence-corrected chi connectivity index (χ2v) is 7.52. The maximum atomic E-state index is 12.5. The summed E-state index contributed by atoms with van der Waals surface area (Å²) in [5, 5.41) is 9.36. The Balaban J connectivity index is 2.41. The molecule has 19 heavy (non-hydrogen) atoms. The maximum Gasteiger partial charge on any atom is 0.246 e. The van der Waals surface area contributed by atoms with E-state index in [1.807, 2.05) is 0 Å². The van der Waals surface area contributed by atoms with Crippen molar-refractivity contribution >= 4 is 44.8 Å². The summed E-state index contributed by atoms with van der Waals surface area (Å²) in [7, 11) is -3.76. The molecule has 1 unspecified atom stereocenters. The van der Waals surface area contributed by atoms with Crippen LogP contribution in [0.25, 0.3) is 0 Å². The molecule has 1 aromatic carbocycles. The first-order valence-electron chi connectivity index (χ1n) is 5.62. The number of nitrogens with zero attached hydrogens (tertiary/aromatic N) is 1. The molecule has 1 aliphatic rings. The summed E-state index contributed by atoms with van der Waals surface area (Å²) in [5.41, 5.74) is 0. The van der Waals surface area contributed by atoms with Crippen LogP contribution in [0, 0.1) is 5.92 Å². The third kappa shape index (κ3) is 3.01. The van der Waals surface area contributed by atoms with Gasteiger partial charge in [-0.15, -0.1) is 0 Å². The Labute approximate surface area is 126 Å². The molecule has 106 valence electrons. The van der Waals surface area contributed by atoms with E-state index in [0.29, 0.717) is 13.0 Å². The fraction of sp³-hybridized carbons (Fsp3) is 0.455. The van der Waals surface area contributed by atoms with E-state index in [1.165, 1.54) is 16.4 Å². The highest BCUT2D eigenvalue weighted by Gasteiger charge is 2.34. The molecule has 1 heterocycles. The summed E-state index contributed by atoms with van der Waals surface area (Å²) >= 11 is 17.7. The molecule has 0 saturated carbocycles. The minimum absolute atomic E-state index is 0.00458. The first-order valence-corrected chi connectivity index (χ1v) is 8.19. The Bertz CT molecular complexity index is 568. The molecule has 0 radical (unpaired) electrons. The number of hydrogen-bond acceptors (Lipinski definition) is 3. The van der Waals surface area contributed by atoms with E-state index in [-0.39, 0.29) is 39.0 Å². The third-order valence-corrected chi connectivity index (χ3v) is 6.07. The lowest BCUT2D eigenvalue weighted by molar-refractivity contribution is 0.233. The lowest BCUT2D eigenvalue weighted by Gasteiger charge is -2.18. The van der Waals surface area contributed by atoms with Gasteiger partial charge in [-0.25, -0.2) is 8.42 Å². The number of aliphatic hydroxyl groups is 1. The average Bonchev–Trinajstić information content (AvgIpc) is 2.75.